The minimum absolute atomic E-state index is 0.0299. The van der Waals surface area contributed by atoms with E-state index in [9.17, 15) is 18.0 Å². The third kappa shape index (κ3) is 3.85. The standard InChI is InChI=1S/C14H11BrF3NOS/c1-8-6-21-7-9(8)5-19-13(20)11-4-10(14(16,17)18)2-3-12(11)15/h2-4,6-7H,5H2,1H3,(H,19,20). The Balaban J connectivity index is 2.17. The summed E-state index contributed by atoms with van der Waals surface area (Å²) in [5, 5.41) is 6.48. The van der Waals surface area contributed by atoms with Crippen molar-refractivity contribution in [1.29, 1.82) is 0 Å². The maximum absolute atomic E-state index is 12.7. The van der Waals surface area contributed by atoms with Gasteiger partial charge in [-0.15, -0.1) is 0 Å². The largest absolute Gasteiger partial charge is 0.416 e. The second kappa shape index (κ2) is 6.19. The first-order valence-corrected chi connectivity index (χ1v) is 7.69. The maximum Gasteiger partial charge on any atom is 0.416 e. The van der Waals surface area contributed by atoms with Crippen molar-refractivity contribution in [2.75, 3.05) is 0 Å². The van der Waals surface area contributed by atoms with Crippen molar-refractivity contribution in [3.05, 3.63) is 55.7 Å². The van der Waals surface area contributed by atoms with Gasteiger partial charge in [-0.2, -0.15) is 24.5 Å². The average molecular weight is 378 g/mol. The van der Waals surface area contributed by atoms with Crippen LogP contribution in [0.15, 0.2) is 33.4 Å². The SMILES string of the molecule is Cc1cscc1CNC(=O)c1cc(C(F)(F)F)ccc1Br. The van der Waals surface area contributed by atoms with Gasteiger partial charge in [0, 0.05) is 11.0 Å². The van der Waals surface area contributed by atoms with Gasteiger partial charge in [0.25, 0.3) is 5.91 Å². The zero-order chi connectivity index (χ0) is 15.6. The first kappa shape index (κ1) is 16.0. The van der Waals surface area contributed by atoms with Crippen LogP contribution in [-0.4, -0.2) is 5.91 Å². The van der Waals surface area contributed by atoms with Crippen LogP contribution >= 0.6 is 27.3 Å². The Morgan fingerprint density at radius 3 is 2.62 bits per heavy atom. The monoisotopic (exact) mass is 377 g/mol. The average Bonchev–Trinajstić information content (AvgIpc) is 2.80. The number of hydrogen-bond donors (Lipinski definition) is 1. The van der Waals surface area contributed by atoms with Gasteiger partial charge in [0.05, 0.1) is 11.1 Å². The number of carbonyl (C=O) groups is 1. The quantitative estimate of drug-likeness (QED) is 0.819. The Hall–Kier alpha value is -1.34. The van der Waals surface area contributed by atoms with Crippen molar-refractivity contribution in [3.8, 4) is 0 Å². The lowest BCUT2D eigenvalue weighted by Gasteiger charge is -2.11. The fraction of sp³-hybridized carbons (Fsp3) is 0.214. The van der Waals surface area contributed by atoms with Gasteiger partial charge in [-0.05, 0) is 62.9 Å². The van der Waals surface area contributed by atoms with E-state index in [4.69, 9.17) is 0 Å². The number of amides is 1. The third-order valence-electron chi connectivity index (χ3n) is 2.94. The van der Waals surface area contributed by atoms with Crippen LogP contribution in [0.25, 0.3) is 0 Å². The zero-order valence-corrected chi connectivity index (χ0v) is 13.3. The molecule has 0 aliphatic rings. The second-order valence-electron chi connectivity index (χ2n) is 4.46. The van der Waals surface area contributed by atoms with E-state index >= 15 is 0 Å². The molecule has 0 fully saturated rings. The summed E-state index contributed by atoms with van der Waals surface area (Å²) in [5.41, 5.74) is 1.13. The topological polar surface area (TPSA) is 29.1 Å². The van der Waals surface area contributed by atoms with Gasteiger partial charge < -0.3 is 5.32 Å². The molecule has 0 radical (unpaired) electrons. The highest BCUT2D eigenvalue weighted by molar-refractivity contribution is 9.10. The Morgan fingerprint density at radius 1 is 1.33 bits per heavy atom. The summed E-state index contributed by atoms with van der Waals surface area (Å²) in [5.74, 6) is -0.543. The van der Waals surface area contributed by atoms with Crippen molar-refractivity contribution in [3.63, 3.8) is 0 Å². The minimum Gasteiger partial charge on any atom is -0.348 e. The first-order chi connectivity index (χ1) is 9.79. The maximum atomic E-state index is 12.7. The van der Waals surface area contributed by atoms with Crippen LogP contribution in [0, 0.1) is 6.92 Å². The molecule has 7 heteroatoms. The van der Waals surface area contributed by atoms with Crippen LogP contribution < -0.4 is 5.32 Å². The molecule has 1 aromatic carbocycles. The molecule has 0 unspecified atom stereocenters. The summed E-state index contributed by atoms with van der Waals surface area (Å²) in [6, 6.07) is 3.01. The molecule has 0 spiro atoms. The number of benzene rings is 1. The summed E-state index contributed by atoms with van der Waals surface area (Å²) in [6.45, 7) is 2.20. The highest BCUT2D eigenvalue weighted by atomic mass is 79.9. The number of rotatable bonds is 3. The van der Waals surface area contributed by atoms with Crippen molar-refractivity contribution in [2.24, 2.45) is 0 Å². The molecule has 0 aliphatic carbocycles. The molecule has 1 N–H and O–H groups in total. The molecular formula is C14H11BrF3NOS. The summed E-state index contributed by atoms with van der Waals surface area (Å²) >= 11 is 4.62. The Labute approximate surface area is 132 Å². The lowest BCUT2D eigenvalue weighted by Crippen LogP contribution is -2.23. The highest BCUT2D eigenvalue weighted by Gasteiger charge is 2.31. The molecule has 1 amide bonds. The van der Waals surface area contributed by atoms with Gasteiger partial charge in [-0.25, -0.2) is 0 Å². The molecule has 0 saturated heterocycles. The molecule has 0 saturated carbocycles. The first-order valence-electron chi connectivity index (χ1n) is 5.95. The number of halogens is 4. The van der Waals surface area contributed by atoms with E-state index < -0.39 is 17.6 Å². The van der Waals surface area contributed by atoms with Gasteiger partial charge in [-0.3, -0.25) is 4.79 Å². The van der Waals surface area contributed by atoms with Crippen molar-refractivity contribution < 1.29 is 18.0 Å². The Bertz CT molecular complexity index is 666. The van der Waals surface area contributed by atoms with E-state index in [1.54, 1.807) is 0 Å². The zero-order valence-electron chi connectivity index (χ0n) is 10.9. The minimum atomic E-state index is -4.47. The molecule has 1 aromatic heterocycles. The number of carbonyl (C=O) groups excluding carboxylic acids is 1. The van der Waals surface area contributed by atoms with E-state index in [1.807, 2.05) is 17.7 Å². The van der Waals surface area contributed by atoms with Crippen molar-refractivity contribution >= 4 is 33.2 Å². The Kier molecular flexibility index (Phi) is 4.73. The summed E-state index contributed by atoms with van der Waals surface area (Å²) in [7, 11) is 0. The van der Waals surface area contributed by atoms with Crippen molar-refractivity contribution in [2.45, 2.75) is 19.6 Å². The molecular weight excluding hydrogens is 367 g/mol. The van der Waals surface area contributed by atoms with Gasteiger partial charge in [-0.1, -0.05) is 0 Å². The number of thiophene rings is 1. The smallest absolute Gasteiger partial charge is 0.348 e. The van der Waals surface area contributed by atoms with E-state index in [1.165, 1.54) is 17.4 Å². The van der Waals surface area contributed by atoms with Crippen LogP contribution in [0.1, 0.15) is 27.0 Å². The number of alkyl halides is 3. The summed E-state index contributed by atoms with van der Waals surface area (Å²) < 4.78 is 38.4. The molecule has 2 rings (SSSR count). The fourth-order valence-electron chi connectivity index (χ4n) is 1.71. The van der Waals surface area contributed by atoms with Gasteiger partial charge in [0.2, 0.25) is 0 Å². The molecule has 1 heterocycles. The molecule has 2 nitrogen and oxygen atoms in total. The van der Waals surface area contributed by atoms with Crippen LogP contribution in [0.4, 0.5) is 13.2 Å². The molecule has 2 aromatic rings. The third-order valence-corrected chi connectivity index (χ3v) is 4.54. The Morgan fingerprint density at radius 2 is 2.05 bits per heavy atom. The molecule has 0 bridgehead atoms. The lowest BCUT2D eigenvalue weighted by molar-refractivity contribution is -0.137. The van der Waals surface area contributed by atoms with Crippen LogP contribution in [0.3, 0.4) is 0 Å². The highest BCUT2D eigenvalue weighted by Crippen LogP contribution is 2.31. The van der Waals surface area contributed by atoms with E-state index in [-0.39, 0.29) is 12.1 Å². The van der Waals surface area contributed by atoms with E-state index in [0.717, 1.165) is 23.3 Å². The van der Waals surface area contributed by atoms with E-state index in [0.29, 0.717) is 4.47 Å². The van der Waals surface area contributed by atoms with Gasteiger partial charge >= 0.3 is 6.18 Å². The number of nitrogens with one attached hydrogen (secondary N) is 1. The van der Waals surface area contributed by atoms with Crippen LogP contribution in [0.2, 0.25) is 0 Å². The van der Waals surface area contributed by atoms with Crippen LogP contribution in [-0.2, 0) is 12.7 Å². The molecule has 21 heavy (non-hydrogen) atoms. The molecule has 112 valence electrons. The number of aryl methyl sites for hydroxylation is 1. The molecule has 0 aliphatic heterocycles. The van der Waals surface area contributed by atoms with E-state index in [2.05, 4.69) is 21.2 Å². The fourth-order valence-corrected chi connectivity index (χ4v) is 3.00. The molecule has 0 atom stereocenters. The summed E-state index contributed by atoms with van der Waals surface area (Å²) in [6.07, 6.45) is -4.47. The predicted octanol–water partition coefficient (Wildman–Crippen LogP) is 4.77. The predicted molar refractivity (Wildman–Crippen MR) is 79.4 cm³/mol. The second-order valence-corrected chi connectivity index (χ2v) is 6.05. The number of hydrogen-bond acceptors (Lipinski definition) is 2. The normalized spacial score (nSPS) is 11.5. The van der Waals surface area contributed by atoms with Crippen LogP contribution in [0.5, 0.6) is 0 Å². The van der Waals surface area contributed by atoms with Crippen molar-refractivity contribution in [1.82, 2.24) is 5.32 Å². The van der Waals surface area contributed by atoms with Gasteiger partial charge in [0.1, 0.15) is 0 Å². The van der Waals surface area contributed by atoms with Gasteiger partial charge in [0.15, 0.2) is 0 Å². The summed E-state index contributed by atoms with van der Waals surface area (Å²) in [4.78, 5) is 12.0. The lowest BCUT2D eigenvalue weighted by atomic mass is 10.1.